The van der Waals surface area contributed by atoms with Crippen LogP contribution in [0.4, 0.5) is 0 Å². The molecule has 4 atom stereocenters. The number of hydrogen-bond acceptors (Lipinski definition) is 3. The lowest BCUT2D eigenvalue weighted by molar-refractivity contribution is 0.0763. The highest BCUT2D eigenvalue weighted by Crippen LogP contribution is 2.39. The number of hydrogen-bond donors (Lipinski definition) is 0. The molecule has 0 spiro atoms. The van der Waals surface area contributed by atoms with Gasteiger partial charge in [0.25, 0.3) is 0 Å². The fraction of sp³-hybridized carbons (Fsp3) is 1.00. The molecule has 0 aromatic carbocycles. The highest BCUT2D eigenvalue weighted by atomic mass is 16.6. The van der Waals surface area contributed by atoms with Crippen LogP contribution in [0.2, 0.25) is 0 Å². The fourth-order valence-corrected chi connectivity index (χ4v) is 2.17. The minimum Gasteiger partial charge on any atom is -0.378 e. The SMILES string of the molecule is C1CC2OC2CC1COCC1CO1. The van der Waals surface area contributed by atoms with Crippen LogP contribution in [0.5, 0.6) is 0 Å². The summed E-state index contributed by atoms with van der Waals surface area (Å²) < 4.78 is 16.1. The van der Waals surface area contributed by atoms with E-state index in [1.807, 2.05) is 0 Å². The third-order valence-corrected chi connectivity index (χ3v) is 3.17. The number of epoxide rings is 2. The molecule has 13 heavy (non-hydrogen) atoms. The average molecular weight is 184 g/mol. The van der Waals surface area contributed by atoms with Gasteiger partial charge in [0.05, 0.1) is 25.4 Å². The van der Waals surface area contributed by atoms with Gasteiger partial charge in [0.15, 0.2) is 0 Å². The van der Waals surface area contributed by atoms with Gasteiger partial charge in [-0.2, -0.15) is 0 Å². The highest BCUT2D eigenvalue weighted by Gasteiger charge is 2.43. The molecule has 3 heteroatoms. The van der Waals surface area contributed by atoms with E-state index >= 15 is 0 Å². The molecule has 3 fully saturated rings. The van der Waals surface area contributed by atoms with Gasteiger partial charge in [0.1, 0.15) is 6.10 Å². The normalized spacial score (nSPS) is 47.1. The Hall–Kier alpha value is -0.120. The molecule has 4 unspecified atom stereocenters. The first-order chi connectivity index (χ1) is 6.42. The number of rotatable bonds is 4. The van der Waals surface area contributed by atoms with E-state index in [0.29, 0.717) is 18.3 Å². The second kappa shape index (κ2) is 3.23. The number of ether oxygens (including phenoxy) is 3. The predicted octanol–water partition coefficient (Wildman–Crippen LogP) is 0.969. The number of fused-ring (bicyclic) bond motifs is 1. The molecule has 74 valence electrons. The van der Waals surface area contributed by atoms with Crippen LogP contribution in [0.3, 0.4) is 0 Å². The van der Waals surface area contributed by atoms with Crippen molar-refractivity contribution in [2.75, 3.05) is 19.8 Å². The molecular weight excluding hydrogens is 168 g/mol. The summed E-state index contributed by atoms with van der Waals surface area (Å²) in [7, 11) is 0. The first kappa shape index (κ1) is 8.21. The van der Waals surface area contributed by atoms with Gasteiger partial charge in [-0.05, 0) is 25.2 Å². The largest absolute Gasteiger partial charge is 0.378 e. The Morgan fingerprint density at radius 1 is 1.15 bits per heavy atom. The first-order valence-electron chi connectivity index (χ1n) is 5.26. The van der Waals surface area contributed by atoms with Gasteiger partial charge in [-0.25, -0.2) is 0 Å². The Kier molecular flexibility index (Phi) is 2.04. The standard InChI is InChI=1S/C10H16O3/c1-2-9-10(13-9)3-7(1)4-11-5-8-6-12-8/h7-10H,1-6H2. The Bertz CT molecular complexity index is 191. The monoisotopic (exact) mass is 184 g/mol. The first-order valence-corrected chi connectivity index (χ1v) is 5.26. The third-order valence-electron chi connectivity index (χ3n) is 3.17. The van der Waals surface area contributed by atoms with Crippen molar-refractivity contribution in [1.29, 1.82) is 0 Å². The summed E-state index contributed by atoms with van der Waals surface area (Å²) in [5.74, 6) is 0.738. The topological polar surface area (TPSA) is 34.3 Å². The van der Waals surface area contributed by atoms with Crippen LogP contribution in [-0.4, -0.2) is 38.1 Å². The maximum Gasteiger partial charge on any atom is 0.104 e. The minimum absolute atomic E-state index is 0.411. The molecular formula is C10H16O3. The van der Waals surface area contributed by atoms with Crippen LogP contribution >= 0.6 is 0 Å². The van der Waals surface area contributed by atoms with E-state index in [1.165, 1.54) is 19.3 Å². The molecule has 0 amide bonds. The van der Waals surface area contributed by atoms with Crippen LogP contribution in [-0.2, 0) is 14.2 Å². The minimum atomic E-state index is 0.411. The van der Waals surface area contributed by atoms with Gasteiger partial charge in [0, 0.05) is 6.61 Å². The van der Waals surface area contributed by atoms with E-state index in [4.69, 9.17) is 14.2 Å². The zero-order chi connectivity index (χ0) is 8.67. The van der Waals surface area contributed by atoms with Crippen molar-refractivity contribution in [2.24, 2.45) is 5.92 Å². The highest BCUT2D eigenvalue weighted by molar-refractivity contribution is 4.91. The zero-order valence-electron chi connectivity index (χ0n) is 7.78. The Balaban J connectivity index is 1.34. The Labute approximate surface area is 78.3 Å². The molecule has 2 heterocycles. The molecule has 2 aliphatic heterocycles. The van der Waals surface area contributed by atoms with Gasteiger partial charge in [-0.15, -0.1) is 0 Å². The van der Waals surface area contributed by atoms with Crippen LogP contribution in [0.15, 0.2) is 0 Å². The van der Waals surface area contributed by atoms with Crippen molar-refractivity contribution in [1.82, 2.24) is 0 Å². The smallest absolute Gasteiger partial charge is 0.104 e. The molecule has 0 aromatic heterocycles. The lowest BCUT2D eigenvalue weighted by Gasteiger charge is -2.18. The van der Waals surface area contributed by atoms with E-state index in [0.717, 1.165) is 25.7 Å². The van der Waals surface area contributed by atoms with Crippen molar-refractivity contribution >= 4 is 0 Å². The predicted molar refractivity (Wildman–Crippen MR) is 46.6 cm³/mol. The molecule has 1 saturated carbocycles. The van der Waals surface area contributed by atoms with E-state index in [9.17, 15) is 0 Å². The van der Waals surface area contributed by atoms with Crippen LogP contribution < -0.4 is 0 Å². The van der Waals surface area contributed by atoms with Crippen molar-refractivity contribution in [3.8, 4) is 0 Å². The molecule has 1 aliphatic carbocycles. The lowest BCUT2D eigenvalue weighted by atomic mass is 9.90. The van der Waals surface area contributed by atoms with Gasteiger partial charge in [0.2, 0.25) is 0 Å². The summed E-state index contributed by atoms with van der Waals surface area (Å²) in [6, 6.07) is 0. The summed E-state index contributed by atoms with van der Waals surface area (Å²) in [6.07, 6.45) is 5.36. The molecule has 3 rings (SSSR count). The van der Waals surface area contributed by atoms with Crippen molar-refractivity contribution in [2.45, 2.75) is 37.6 Å². The molecule has 0 radical (unpaired) electrons. The molecule has 2 saturated heterocycles. The Morgan fingerprint density at radius 3 is 2.85 bits per heavy atom. The summed E-state index contributed by atoms with van der Waals surface area (Å²) in [5, 5.41) is 0. The molecule has 3 aliphatic rings. The van der Waals surface area contributed by atoms with Gasteiger partial charge >= 0.3 is 0 Å². The van der Waals surface area contributed by atoms with Crippen LogP contribution in [0.25, 0.3) is 0 Å². The van der Waals surface area contributed by atoms with E-state index < -0.39 is 0 Å². The van der Waals surface area contributed by atoms with Gasteiger partial charge < -0.3 is 14.2 Å². The van der Waals surface area contributed by atoms with Crippen molar-refractivity contribution in [3.05, 3.63) is 0 Å². The lowest BCUT2D eigenvalue weighted by Crippen LogP contribution is -2.19. The zero-order valence-corrected chi connectivity index (χ0v) is 7.78. The van der Waals surface area contributed by atoms with E-state index in [1.54, 1.807) is 0 Å². The maximum absolute atomic E-state index is 5.58. The fourth-order valence-electron chi connectivity index (χ4n) is 2.17. The molecule has 0 bridgehead atoms. The summed E-state index contributed by atoms with van der Waals surface area (Å²) in [6.45, 7) is 2.61. The van der Waals surface area contributed by atoms with E-state index in [-0.39, 0.29) is 0 Å². The quantitative estimate of drug-likeness (QED) is 0.610. The average Bonchev–Trinajstić information content (AvgIpc) is 2.98. The van der Waals surface area contributed by atoms with Crippen molar-refractivity contribution in [3.63, 3.8) is 0 Å². The van der Waals surface area contributed by atoms with E-state index in [2.05, 4.69) is 0 Å². The summed E-state index contributed by atoms with van der Waals surface area (Å²) >= 11 is 0. The second-order valence-electron chi connectivity index (χ2n) is 4.38. The third kappa shape index (κ3) is 2.03. The maximum atomic E-state index is 5.58. The summed E-state index contributed by atoms with van der Waals surface area (Å²) in [4.78, 5) is 0. The van der Waals surface area contributed by atoms with Gasteiger partial charge in [-0.3, -0.25) is 0 Å². The molecule has 0 aromatic rings. The molecule has 3 nitrogen and oxygen atoms in total. The second-order valence-corrected chi connectivity index (χ2v) is 4.38. The molecule has 0 N–H and O–H groups in total. The Morgan fingerprint density at radius 2 is 2.08 bits per heavy atom. The van der Waals surface area contributed by atoms with Crippen LogP contribution in [0, 0.1) is 5.92 Å². The summed E-state index contributed by atoms with van der Waals surface area (Å²) in [5.41, 5.74) is 0. The van der Waals surface area contributed by atoms with Crippen molar-refractivity contribution < 1.29 is 14.2 Å². The van der Waals surface area contributed by atoms with Gasteiger partial charge in [-0.1, -0.05) is 0 Å². The van der Waals surface area contributed by atoms with Crippen LogP contribution in [0.1, 0.15) is 19.3 Å².